The maximum atomic E-state index is 11.9. The Kier molecular flexibility index (Phi) is 4.54. The second kappa shape index (κ2) is 6.55. The van der Waals surface area contributed by atoms with Gasteiger partial charge in [0.1, 0.15) is 18.1 Å². The van der Waals surface area contributed by atoms with Gasteiger partial charge in [-0.05, 0) is 18.6 Å². The molecule has 0 fully saturated rings. The molecule has 7 heteroatoms. The Hall–Kier alpha value is -2.57. The third-order valence-electron chi connectivity index (χ3n) is 2.80. The summed E-state index contributed by atoms with van der Waals surface area (Å²) in [6, 6.07) is 3.26. The van der Waals surface area contributed by atoms with Crippen molar-refractivity contribution < 1.29 is 14.7 Å². The summed E-state index contributed by atoms with van der Waals surface area (Å²) < 4.78 is 1.41. The summed E-state index contributed by atoms with van der Waals surface area (Å²) >= 11 is 0. The van der Waals surface area contributed by atoms with Crippen LogP contribution >= 0.6 is 0 Å². The molecule has 106 valence electrons. The third kappa shape index (κ3) is 3.71. The van der Waals surface area contributed by atoms with Crippen LogP contribution in [0.3, 0.4) is 0 Å². The number of carboxylic acids is 1. The van der Waals surface area contributed by atoms with E-state index >= 15 is 0 Å². The summed E-state index contributed by atoms with van der Waals surface area (Å²) in [5, 5.41) is 11.5. The molecule has 7 nitrogen and oxygen atoms in total. The number of imidazole rings is 1. The zero-order chi connectivity index (χ0) is 14.4. The van der Waals surface area contributed by atoms with Crippen LogP contribution in [0.25, 0.3) is 0 Å². The summed E-state index contributed by atoms with van der Waals surface area (Å²) in [6.45, 7) is 0.292. The summed E-state index contributed by atoms with van der Waals surface area (Å²) in [6.07, 6.45) is 6.54. The number of aryl methyl sites for hydroxylation is 1. The molecule has 0 unspecified atom stereocenters. The van der Waals surface area contributed by atoms with Crippen molar-refractivity contribution in [3.05, 3.63) is 42.2 Å². The van der Waals surface area contributed by atoms with E-state index < -0.39 is 5.97 Å². The minimum absolute atomic E-state index is 0.220. The number of carboxylic acid groups (broad SMARTS) is 1. The molecule has 0 aliphatic rings. The highest BCUT2D eigenvalue weighted by atomic mass is 16.4. The number of rotatable bonds is 7. The van der Waals surface area contributed by atoms with Crippen molar-refractivity contribution in [3.63, 3.8) is 0 Å². The number of H-pyrrole nitrogens is 1. The highest BCUT2D eigenvalue weighted by Crippen LogP contribution is 2.02. The van der Waals surface area contributed by atoms with Gasteiger partial charge in [-0.15, -0.1) is 0 Å². The number of nitrogens with one attached hydrogen (secondary N) is 2. The normalized spacial score (nSPS) is 10.4. The predicted molar refractivity (Wildman–Crippen MR) is 71.3 cm³/mol. The third-order valence-corrected chi connectivity index (χ3v) is 2.80. The minimum Gasteiger partial charge on any atom is -0.480 e. The molecule has 3 N–H and O–H groups in total. The van der Waals surface area contributed by atoms with Crippen molar-refractivity contribution >= 4 is 11.9 Å². The van der Waals surface area contributed by atoms with Crippen LogP contribution in [0.2, 0.25) is 0 Å². The number of amides is 1. The lowest BCUT2D eigenvalue weighted by Crippen LogP contribution is -2.28. The molecule has 0 aliphatic heterocycles. The van der Waals surface area contributed by atoms with Crippen LogP contribution in [0.5, 0.6) is 0 Å². The lowest BCUT2D eigenvalue weighted by molar-refractivity contribution is -0.137. The number of carbonyl (C=O) groups excluding carboxylic acids is 1. The van der Waals surface area contributed by atoms with Crippen LogP contribution in [-0.4, -0.2) is 38.1 Å². The Labute approximate surface area is 115 Å². The number of aromatic amines is 1. The van der Waals surface area contributed by atoms with E-state index in [1.165, 1.54) is 4.57 Å². The Balaban J connectivity index is 1.80. The SMILES string of the molecule is O=C(O)Cn1cccc1C(=O)NCCCc1ncc[nH]1. The van der Waals surface area contributed by atoms with Crippen molar-refractivity contribution in [1.29, 1.82) is 0 Å². The molecule has 2 aromatic rings. The van der Waals surface area contributed by atoms with Crippen LogP contribution < -0.4 is 5.32 Å². The van der Waals surface area contributed by atoms with Gasteiger partial charge < -0.3 is 20.0 Å². The van der Waals surface area contributed by atoms with Crippen molar-refractivity contribution in [2.75, 3.05) is 6.54 Å². The highest BCUT2D eigenvalue weighted by Gasteiger charge is 2.11. The van der Waals surface area contributed by atoms with E-state index in [0.717, 1.165) is 18.7 Å². The van der Waals surface area contributed by atoms with Crippen molar-refractivity contribution in [2.45, 2.75) is 19.4 Å². The van der Waals surface area contributed by atoms with Crippen LogP contribution in [0.1, 0.15) is 22.7 Å². The summed E-state index contributed by atoms with van der Waals surface area (Å²) in [4.78, 5) is 29.7. The molecule has 20 heavy (non-hydrogen) atoms. The van der Waals surface area contributed by atoms with Crippen molar-refractivity contribution in [1.82, 2.24) is 19.9 Å². The van der Waals surface area contributed by atoms with Gasteiger partial charge in [0, 0.05) is 31.6 Å². The second-order valence-electron chi connectivity index (χ2n) is 4.31. The fraction of sp³-hybridized carbons (Fsp3) is 0.308. The van der Waals surface area contributed by atoms with Crippen molar-refractivity contribution in [2.24, 2.45) is 0 Å². The molecule has 2 aromatic heterocycles. The number of carbonyl (C=O) groups is 2. The maximum absolute atomic E-state index is 11.9. The molecule has 0 radical (unpaired) electrons. The van der Waals surface area contributed by atoms with E-state index in [4.69, 9.17) is 5.11 Å². The lowest BCUT2D eigenvalue weighted by Gasteiger charge is -2.07. The number of nitrogens with zero attached hydrogens (tertiary/aromatic N) is 2. The number of hydrogen-bond donors (Lipinski definition) is 3. The molecule has 0 aromatic carbocycles. The fourth-order valence-corrected chi connectivity index (χ4v) is 1.89. The Morgan fingerprint density at radius 3 is 3.00 bits per heavy atom. The molecule has 1 amide bonds. The Bertz CT molecular complexity index is 574. The standard InChI is InChI=1S/C13H16N4O3/c18-12(19)9-17-8-2-3-10(17)13(20)16-5-1-4-11-14-6-7-15-11/h2-3,6-8H,1,4-5,9H2,(H,14,15)(H,16,20)(H,18,19). The number of aliphatic carboxylic acids is 1. The van der Waals surface area contributed by atoms with Crippen LogP contribution in [-0.2, 0) is 17.8 Å². The second-order valence-corrected chi connectivity index (χ2v) is 4.31. The Morgan fingerprint density at radius 2 is 2.30 bits per heavy atom. The average Bonchev–Trinajstić information content (AvgIpc) is 3.04. The topological polar surface area (TPSA) is 100 Å². The van der Waals surface area contributed by atoms with E-state index in [-0.39, 0.29) is 12.5 Å². The van der Waals surface area contributed by atoms with E-state index in [9.17, 15) is 9.59 Å². The molecule has 0 saturated heterocycles. The van der Waals surface area contributed by atoms with Gasteiger partial charge in [-0.3, -0.25) is 9.59 Å². The molecule has 0 bridgehead atoms. The Morgan fingerprint density at radius 1 is 1.45 bits per heavy atom. The zero-order valence-electron chi connectivity index (χ0n) is 10.9. The minimum atomic E-state index is -0.979. The smallest absolute Gasteiger partial charge is 0.323 e. The molecule has 2 heterocycles. The maximum Gasteiger partial charge on any atom is 0.323 e. The van der Waals surface area contributed by atoms with Gasteiger partial charge in [0.15, 0.2) is 0 Å². The van der Waals surface area contributed by atoms with Gasteiger partial charge in [-0.2, -0.15) is 0 Å². The van der Waals surface area contributed by atoms with Gasteiger partial charge in [0.25, 0.3) is 5.91 Å². The predicted octanol–water partition coefficient (Wildman–Crippen LogP) is 0.658. The van der Waals surface area contributed by atoms with Gasteiger partial charge in [0.05, 0.1) is 0 Å². The first-order chi connectivity index (χ1) is 9.66. The lowest BCUT2D eigenvalue weighted by atomic mass is 10.3. The van der Waals surface area contributed by atoms with E-state index in [2.05, 4.69) is 15.3 Å². The van der Waals surface area contributed by atoms with Crippen molar-refractivity contribution in [3.8, 4) is 0 Å². The molecule has 0 aliphatic carbocycles. The number of hydrogen-bond acceptors (Lipinski definition) is 3. The van der Waals surface area contributed by atoms with Crippen LogP contribution in [0.4, 0.5) is 0 Å². The molecule has 0 atom stereocenters. The molecular weight excluding hydrogens is 260 g/mol. The molecular formula is C13H16N4O3. The largest absolute Gasteiger partial charge is 0.480 e. The quantitative estimate of drug-likeness (QED) is 0.647. The van der Waals surface area contributed by atoms with E-state index in [1.807, 2.05) is 0 Å². The van der Waals surface area contributed by atoms with Crippen LogP contribution in [0, 0.1) is 0 Å². The monoisotopic (exact) mass is 276 g/mol. The van der Waals surface area contributed by atoms with Crippen LogP contribution in [0.15, 0.2) is 30.7 Å². The molecule has 0 spiro atoms. The van der Waals surface area contributed by atoms with Gasteiger partial charge in [-0.1, -0.05) is 0 Å². The van der Waals surface area contributed by atoms with E-state index in [0.29, 0.717) is 12.2 Å². The first-order valence-corrected chi connectivity index (χ1v) is 6.30. The summed E-state index contributed by atoms with van der Waals surface area (Å²) in [7, 11) is 0. The zero-order valence-corrected chi connectivity index (χ0v) is 10.9. The first kappa shape index (κ1) is 13.9. The fourth-order valence-electron chi connectivity index (χ4n) is 1.89. The molecule has 0 saturated carbocycles. The summed E-state index contributed by atoms with van der Waals surface area (Å²) in [5.74, 6) is -0.364. The van der Waals surface area contributed by atoms with E-state index in [1.54, 1.807) is 30.7 Å². The van der Waals surface area contributed by atoms with Gasteiger partial charge >= 0.3 is 5.97 Å². The van der Waals surface area contributed by atoms with Gasteiger partial charge in [0.2, 0.25) is 0 Å². The number of aromatic nitrogens is 3. The highest BCUT2D eigenvalue weighted by molar-refractivity contribution is 5.93. The molecule has 2 rings (SSSR count). The first-order valence-electron chi connectivity index (χ1n) is 6.30. The van der Waals surface area contributed by atoms with Gasteiger partial charge in [-0.25, -0.2) is 4.98 Å². The average molecular weight is 276 g/mol. The summed E-state index contributed by atoms with van der Waals surface area (Å²) in [5.41, 5.74) is 0.352.